The molecule has 2 rings (SSSR count). The average molecular weight is 279 g/mol. The highest BCUT2D eigenvalue weighted by molar-refractivity contribution is 7.89. The van der Waals surface area contributed by atoms with Crippen molar-refractivity contribution in [2.75, 3.05) is 0 Å². The number of hydrogen-bond donors (Lipinski definition) is 1. The van der Waals surface area contributed by atoms with E-state index < -0.39 is 25.1 Å². The second-order valence-electron chi connectivity index (χ2n) is 3.80. The van der Waals surface area contributed by atoms with Crippen molar-refractivity contribution in [3.8, 4) is 0 Å². The predicted octanol–water partition coefficient (Wildman–Crippen LogP) is 0.786. The Kier molecular flexibility index (Phi) is 2.96. The Morgan fingerprint density at radius 2 is 1.47 bits per heavy atom. The summed E-state index contributed by atoms with van der Waals surface area (Å²) < 4.78 is 59.5. The van der Waals surface area contributed by atoms with Crippen molar-refractivity contribution in [1.29, 1.82) is 0 Å². The largest absolute Gasteiger partial charge is 0.332 e. The van der Waals surface area contributed by atoms with Gasteiger partial charge in [0.05, 0.1) is 9.79 Å². The molecule has 0 amide bonds. The molecule has 1 fully saturated rings. The van der Waals surface area contributed by atoms with Crippen LogP contribution in [0.2, 0.25) is 0 Å². The predicted molar refractivity (Wildman–Crippen MR) is 58.1 cm³/mol. The molecule has 0 aromatic heterocycles. The lowest BCUT2D eigenvalue weighted by Crippen LogP contribution is -2.25. The van der Waals surface area contributed by atoms with Crippen molar-refractivity contribution in [3.05, 3.63) is 24.3 Å². The minimum absolute atomic E-state index is 0.0374. The molecule has 5 nitrogen and oxygen atoms in total. The second kappa shape index (κ2) is 4.04. The third-order valence-electron chi connectivity index (χ3n) is 2.31. The number of benzene rings is 1. The van der Waals surface area contributed by atoms with Gasteiger partial charge in [-0.3, -0.25) is 0 Å². The lowest BCUT2D eigenvalue weighted by Gasteiger charge is -2.05. The SMILES string of the molecule is O=S(=O)(F)c1ccc(S(=O)(=O)NC2CC2)cc1. The maximum absolute atomic E-state index is 12.6. The molecule has 0 unspecified atom stereocenters. The second-order valence-corrected chi connectivity index (χ2v) is 6.87. The minimum atomic E-state index is -4.79. The van der Waals surface area contributed by atoms with Crippen molar-refractivity contribution in [2.24, 2.45) is 0 Å². The number of rotatable bonds is 4. The molecular formula is C9H10FNO4S2. The molecule has 0 bridgehead atoms. The molecule has 0 saturated heterocycles. The van der Waals surface area contributed by atoms with Gasteiger partial charge in [-0.05, 0) is 37.1 Å². The molecular weight excluding hydrogens is 269 g/mol. The van der Waals surface area contributed by atoms with Crippen LogP contribution in [0.25, 0.3) is 0 Å². The average Bonchev–Trinajstić information content (AvgIpc) is 3.00. The van der Waals surface area contributed by atoms with Gasteiger partial charge < -0.3 is 0 Å². The molecule has 0 heterocycles. The van der Waals surface area contributed by atoms with Crippen LogP contribution in [-0.2, 0) is 20.2 Å². The molecule has 1 aliphatic carbocycles. The van der Waals surface area contributed by atoms with Gasteiger partial charge >= 0.3 is 10.2 Å². The lowest BCUT2D eigenvalue weighted by atomic mass is 10.4. The van der Waals surface area contributed by atoms with E-state index in [-0.39, 0.29) is 10.9 Å². The first-order chi connectivity index (χ1) is 7.79. The van der Waals surface area contributed by atoms with Gasteiger partial charge in [0.2, 0.25) is 10.0 Å². The molecule has 8 heteroatoms. The Morgan fingerprint density at radius 1 is 1.00 bits per heavy atom. The first-order valence-corrected chi connectivity index (χ1v) is 7.73. The monoisotopic (exact) mass is 279 g/mol. The number of hydrogen-bond acceptors (Lipinski definition) is 4. The smallest absolute Gasteiger partial charge is 0.208 e. The van der Waals surface area contributed by atoms with Crippen molar-refractivity contribution < 1.29 is 20.7 Å². The minimum Gasteiger partial charge on any atom is -0.208 e. The van der Waals surface area contributed by atoms with Crippen LogP contribution in [0.4, 0.5) is 3.89 Å². The van der Waals surface area contributed by atoms with Crippen LogP contribution in [0.15, 0.2) is 34.1 Å². The van der Waals surface area contributed by atoms with E-state index >= 15 is 0 Å². The first kappa shape index (κ1) is 12.5. The van der Waals surface area contributed by atoms with Crippen LogP contribution in [0, 0.1) is 0 Å². The van der Waals surface area contributed by atoms with E-state index in [1.165, 1.54) is 0 Å². The molecule has 1 N–H and O–H groups in total. The van der Waals surface area contributed by atoms with Gasteiger partial charge in [0.15, 0.2) is 0 Å². The van der Waals surface area contributed by atoms with E-state index in [1.807, 2.05) is 0 Å². The molecule has 1 aromatic rings. The van der Waals surface area contributed by atoms with Crippen molar-refractivity contribution in [1.82, 2.24) is 4.72 Å². The zero-order chi connectivity index (χ0) is 12.7. The van der Waals surface area contributed by atoms with Gasteiger partial charge in [0, 0.05) is 6.04 Å². The maximum Gasteiger partial charge on any atom is 0.332 e. The van der Waals surface area contributed by atoms with E-state index in [1.54, 1.807) is 0 Å². The van der Waals surface area contributed by atoms with Crippen molar-refractivity contribution in [3.63, 3.8) is 0 Å². The Labute approximate surface area is 98.9 Å². The highest BCUT2D eigenvalue weighted by atomic mass is 32.3. The zero-order valence-corrected chi connectivity index (χ0v) is 10.3. The fraction of sp³-hybridized carbons (Fsp3) is 0.333. The Hall–Kier alpha value is -0.990. The van der Waals surface area contributed by atoms with Gasteiger partial charge in [-0.25, -0.2) is 13.1 Å². The van der Waals surface area contributed by atoms with E-state index in [0.29, 0.717) is 0 Å². The quantitative estimate of drug-likeness (QED) is 0.826. The summed E-state index contributed by atoms with van der Waals surface area (Å²) in [6.45, 7) is 0. The fourth-order valence-electron chi connectivity index (χ4n) is 1.27. The van der Waals surface area contributed by atoms with Crippen molar-refractivity contribution >= 4 is 20.2 Å². The van der Waals surface area contributed by atoms with Gasteiger partial charge in [0.25, 0.3) is 0 Å². The molecule has 1 aliphatic rings. The summed E-state index contributed by atoms with van der Waals surface area (Å²) >= 11 is 0. The van der Waals surface area contributed by atoms with Crippen LogP contribution in [0.3, 0.4) is 0 Å². The Balaban J connectivity index is 2.28. The summed E-state index contributed by atoms with van der Waals surface area (Å²) in [7, 11) is -8.42. The first-order valence-electron chi connectivity index (χ1n) is 4.86. The summed E-state index contributed by atoms with van der Waals surface area (Å²) in [4.78, 5) is -0.625. The van der Waals surface area contributed by atoms with E-state index in [0.717, 1.165) is 37.1 Å². The molecule has 0 spiro atoms. The van der Waals surface area contributed by atoms with Crippen molar-refractivity contribution in [2.45, 2.75) is 28.7 Å². The molecule has 0 aliphatic heterocycles. The van der Waals surface area contributed by atoms with Gasteiger partial charge in [-0.2, -0.15) is 8.42 Å². The summed E-state index contributed by atoms with van der Waals surface area (Å²) in [6.07, 6.45) is 1.60. The van der Waals surface area contributed by atoms with Crippen LogP contribution >= 0.6 is 0 Å². The van der Waals surface area contributed by atoms with E-state index in [9.17, 15) is 20.7 Å². The molecule has 17 heavy (non-hydrogen) atoms. The summed E-state index contributed by atoms with van der Waals surface area (Å²) in [5.41, 5.74) is 0. The number of sulfonamides is 1. The number of halogens is 1. The van der Waals surface area contributed by atoms with E-state index in [4.69, 9.17) is 0 Å². The van der Waals surface area contributed by atoms with Gasteiger partial charge in [-0.15, -0.1) is 3.89 Å². The summed E-state index contributed by atoms with van der Waals surface area (Å²) in [5, 5.41) is 0. The highest BCUT2D eigenvalue weighted by Gasteiger charge is 2.28. The third-order valence-corrected chi connectivity index (χ3v) is 4.69. The maximum atomic E-state index is 12.6. The molecule has 0 atom stereocenters. The molecule has 94 valence electrons. The van der Waals surface area contributed by atoms with E-state index in [2.05, 4.69) is 4.72 Å². The van der Waals surface area contributed by atoms with Crippen LogP contribution in [0.1, 0.15) is 12.8 Å². The normalized spacial score (nSPS) is 17.0. The summed E-state index contributed by atoms with van der Waals surface area (Å²) in [6, 6.07) is 3.95. The Bertz CT molecular complexity index is 617. The topological polar surface area (TPSA) is 80.3 Å². The lowest BCUT2D eigenvalue weighted by molar-refractivity contribution is 0.551. The molecule has 1 saturated carbocycles. The molecule has 0 radical (unpaired) electrons. The van der Waals surface area contributed by atoms with Gasteiger partial charge in [0.1, 0.15) is 0 Å². The zero-order valence-electron chi connectivity index (χ0n) is 8.63. The molecule has 1 aromatic carbocycles. The van der Waals surface area contributed by atoms with Gasteiger partial charge in [-0.1, -0.05) is 0 Å². The third kappa shape index (κ3) is 3.02. The standard InChI is InChI=1S/C9H10FNO4S2/c10-16(12,13)8-3-5-9(6-4-8)17(14,15)11-7-1-2-7/h3-7,11H,1-2H2. The van der Waals surface area contributed by atoms with Crippen LogP contribution in [0.5, 0.6) is 0 Å². The number of nitrogens with one attached hydrogen (secondary N) is 1. The van der Waals surface area contributed by atoms with Crippen LogP contribution < -0.4 is 4.72 Å². The highest BCUT2D eigenvalue weighted by Crippen LogP contribution is 2.23. The fourth-order valence-corrected chi connectivity index (χ4v) is 3.04. The summed E-state index contributed by atoms with van der Waals surface area (Å²) in [5.74, 6) is 0. The van der Waals surface area contributed by atoms with Crippen LogP contribution in [-0.4, -0.2) is 22.9 Å². The Morgan fingerprint density at radius 3 is 1.88 bits per heavy atom.